The average molecular weight is 512 g/mol. The Morgan fingerprint density at radius 2 is 1.92 bits per heavy atom. The SMILES string of the molecule is CCCCn1cc(-c2ccc(OC3CCN(C(=O)OC(C)(C)C)CC3)c(Cl)c2)c2ccncc2c1=O. The van der Waals surface area contributed by atoms with Crippen molar-refractivity contribution in [3.63, 3.8) is 0 Å². The van der Waals surface area contributed by atoms with Gasteiger partial charge < -0.3 is 18.9 Å². The van der Waals surface area contributed by atoms with Gasteiger partial charge in [0.15, 0.2) is 0 Å². The number of benzene rings is 1. The number of unbranched alkanes of at least 4 members (excludes halogenated alkanes) is 1. The molecule has 0 N–H and O–H groups in total. The molecule has 0 atom stereocenters. The van der Waals surface area contributed by atoms with Gasteiger partial charge in [-0.15, -0.1) is 0 Å². The first-order chi connectivity index (χ1) is 17.2. The van der Waals surface area contributed by atoms with Gasteiger partial charge in [0.2, 0.25) is 0 Å². The summed E-state index contributed by atoms with van der Waals surface area (Å²) in [5.41, 5.74) is 1.31. The van der Waals surface area contributed by atoms with Gasteiger partial charge >= 0.3 is 6.09 Å². The minimum absolute atomic E-state index is 0.0286. The van der Waals surface area contributed by atoms with E-state index < -0.39 is 5.60 Å². The van der Waals surface area contributed by atoms with Gasteiger partial charge in [0, 0.05) is 56.6 Å². The van der Waals surface area contributed by atoms with Crippen LogP contribution in [0.4, 0.5) is 4.79 Å². The molecule has 36 heavy (non-hydrogen) atoms. The number of amides is 1. The van der Waals surface area contributed by atoms with Crippen LogP contribution in [0.3, 0.4) is 0 Å². The Bertz CT molecular complexity index is 1290. The molecule has 0 spiro atoms. The molecule has 2 aromatic heterocycles. The van der Waals surface area contributed by atoms with Crippen LogP contribution in [-0.4, -0.2) is 45.3 Å². The molecular weight excluding hydrogens is 478 g/mol. The van der Waals surface area contributed by atoms with Crippen molar-refractivity contribution in [2.24, 2.45) is 0 Å². The van der Waals surface area contributed by atoms with Crippen LogP contribution >= 0.6 is 11.6 Å². The van der Waals surface area contributed by atoms with E-state index in [0.29, 0.717) is 48.6 Å². The number of carbonyl (C=O) groups is 1. The van der Waals surface area contributed by atoms with Gasteiger partial charge in [-0.05, 0) is 56.3 Å². The molecule has 1 amide bonds. The van der Waals surface area contributed by atoms with Crippen LogP contribution in [0.1, 0.15) is 53.4 Å². The molecule has 4 rings (SSSR count). The zero-order valence-corrected chi connectivity index (χ0v) is 22.2. The highest BCUT2D eigenvalue weighted by Crippen LogP contribution is 2.34. The summed E-state index contributed by atoms with van der Waals surface area (Å²) in [7, 11) is 0. The quantitative estimate of drug-likeness (QED) is 0.388. The van der Waals surface area contributed by atoms with Gasteiger partial charge in [-0.25, -0.2) is 4.79 Å². The second-order valence-electron chi connectivity index (χ2n) is 10.2. The Morgan fingerprint density at radius 3 is 2.58 bits per heavy atom. The zero-order valence-electron chi connectivity index (χ0n) is 21.4. The molecule has 1 aliphatic heterocycles. The fraction of sp³-hybridized carbons (Fsp3) is 0.464. The molecule has 1 saturated heterocycles. The number of likely N-dealkylation sites (tertiary alicyclic amines) is 1. The molecule has 3 heterocycles. The van der Waals surface area contributed by atoms with E-state index in [1.165, 1.54) is 0 Å². The van der Waals surface area contributed by atoms with Crippen LogP contribution in [0.5, 0.6) is 5.75 Å². The number of hydrogen-bond acceptors (Lipinski definition) is 5. The summed E-state index contributed by atoms with van der Waals surface area (Å²) in [5.74, 6) is 0.612. The standard InChI is InChI=1S/C28H34ClN3O4/c1-5-6-13-32-18-23(21-9-12-30-17-22(21)26(32)33)19-7-8-25(24(29)16-19)35-20-10-14-31(15-11-20)27(34)36-28(2,3)4/h7-9,12,16-18,20H,5-6,10-11,13-15H2,1-4H3. The second-order valence-corrected chi connectivity index (χ2v) is 10.7. The molecule has 7 nitrogen and oxygen atoms in total. The summed E-state index contributed by atoms with van der Waals surface area (Å²) < 4.78 is 13.4. The van der Waals surface area contributed by atoms with Gasteiger partial charge in [0.25, 0.3) is 5.56 Å². The largest absolute Gasteiger partial charge is 0.489 e. The third-order valence-electron chi connectivity index (χ3n) is 6.27. The number of pyridine rings is 2. The normalized spacial score (nSPS) is 14.8. The van der Waals surface area contributed by atoms with Crippen molar-refractivity contribution in [3.05, 3.63) is 58.2 Å². The first-order valence-corrected chi connectivity index (χ1v) is 13.0. The van der Waals surface area contributed by atoms with Crippen LogP contribution in [0.25, 0.3) is 21.9 Å². The highest BCUT2D eigenvalue weighted by molar-refractivity contribution is 6.32. The smallest absolute Gasteiger partial charge is 0.410 e. The summed E-state index contributed by atoms with van der Waals surface area (Å²) in [5, 5.41) is 1.96. The molecular formula is C28H34ClN3O4. The van der Waals surface area contributed by atoms with Crippen molar-refractivity contribution in [2.45, 2.75) is 71.6 Å². The van der Waals surface area contributed by atoms with E-state index in [-0.39, 0.29) is 17.8 Å². The number of aromatic nitrogens is 2. The number of hydrogen-bond donors (Lipinski definition) is 0. The Morgan fingerprint density at radius 1 is 1.17 bits per heavy atom. The lowest BCUT2D eigenvalue weighted by atomic mass is 10.0. The number of carbonyl (C=O) groups excluding carboxylic acids is 1. The Kier molecular flexibility index (Phi) is 7.88. The van der Waals surface area contributed by atoms with Crippen LogP contribution in [-0.2, 0) is 11.3 Å². The second kappa shape index (κ2) is 10.9. The zero-order chi connectivity index (χ0) is 25.9. The van der Waals surface area contributed by atoms with Gasteiger partial charge in [-0.2, -0.15) is 0 Å². The molecule has 0 saturated carbocycles. The molecule has 1 aromatic carbocycles. The van der Waals surface area contributed by atoms with Crippen LogP contribution < -0.4 is 10.3 Å². The fourth-order valence-corrected chi connectivity index (χ4v) is 4.61. The summed E-state index contributed by atoms with van der Waals surface area (Å²) >= 11 is 6.67. The van der Waals surface area contributed by atoms with Gasteiger partial charge in [0.05, 0.1) is 10.4 Å². The predicted molar refractivity (Wildman–Crippen MR) is 143 cm³/mol. The minimum atomic E-state index is -0.509. The molecule has 8 heteroatoms. The number of aryl methyl sites for hydroxylation is 1. The van der Waals surface area contributed by atoms with E-state index >= 15 is 0 Å². The van der Waals surface area contributed by atoms with Crippen molar-refractivity contribution in [3.8, 4) is 16.9 Å². The molecule has 1 fully saturated rings. The van der Waals surface area contributed by atoms with Crippen molar-refractivity contribution < 1.29 is 14.3 Å². The Labute approximate surface area is 217 Å². The summed E-state index contributed by atoms with van der Waals surface area (Å²) in [6.45, 7) is 9.52. The topological polar surface area (TPSA) is 73.7 Å². The van der Waals surface area contributed by atoms with Crippen molar-refractivity contribution in [1.29, 1.82) is 0 Å². The maximum absolute atomic E-state index is 12.9. The average Bonchev–Trinajstić information content (AvgIpc) is 2.84. The van der Waals surface area contributed by atoms with Crippen molar-refractivity contribution in [1.82, 2.24) is 14.5 Å². The predicted octanol–water partition coefficient (Wildman–Crippen LogP) is 6.30. The lowest BCUT2D eigenvalue weighted by molar-refractivity contribution is 0.0126. The molecule has 0 radical (unpaired) electrons. The highest BCUT2D eigenvalue weighted by Gasteiger charge is 2.28. The maximum atomic E-state index is 12.9. The third-order valence-corrected chi connectivity index (χ3v) is 6.57. The van der Waals surface area contributed by atoms with Crippen molar-refractivity contribution >= 4 is 28.5 Å². The third kappa shape index (κ3) is 6.01. The van der Waals surface area contributed by atoms with Gasteiger partial charge in [0.1, 0.15) is 17.5 Å². The number of nitrogens with zero attached hydrogens (tertiary/aromatic N) is 3. The van der Waals surface area contributed by atoms with E-state index in [4.69, 9.17) is 21.1 Å². The number of ether oxygens (including phenoxy) is 2. The van der Waals surface area contributed by atoms with E-state index in [9.17, 15) is 9.59 Å². The molecule has 3 aromatic rings. The lowest BCUT2D eigenvalue weighted by Gasteiger charge is -2.33. The number of fused-ring (bicyclic) bond motifs is 1. The van der Waals surface area contributed by atoms with Crippen LogP contribution in [0.15, 0.2) is 47.7 Å². The van der Waals surface area contributed by atoms with Gasteiger partial charge in [-0.3, -0.25) is 9.78 Å². The number of piperidine rings is 1. The Balaban J connectivity index is 1.51. The number of halogens is 1. The maximum Gasteiger partial charge on any atom is 0.410 e. The van der Waals surface area contributed by atoms with Crippen molar-refractivity contribution in [2.75, 3.05) is 13.1 Å². The van der Waals surface area contributed by atoms with Crippen LogP contribution in [0, 0.1) is 0 Å². The first-order valence-electron chi connectivity index (χ1n) is 12.6. The number of rotatable bonds is 6. The highest BCUT2D eigenvalue weighted by atomic mass is 35.5. The van der Waals surface area contributed by atoms with Crippen LogP contribution in [0.2, 0.25) is 5.02 Å². The van der Waals surface area contributed by atoms with Gasteiger partial charge in [-0.1, -0.05) is 31.0 Å². The fourth-order valence-electron chi connectivity index (χ4n) is 4.39. The Hall–Kier alpha value is -3.06. The lowest BCUT2D eigenvalue weighted by Crippen LogP contribution is -2.44. The monoisotopic (exact) mass is 511 g/mol. The molecule has 192 valence electrons. The van der Waals surface area contributed by atoms with E-state index in [1.807, 2.05) is 51.2 Å². The van der Waals surface area contributed by atoms with E-state index in [2.05, 4.69) is 11.9 Å². The first kappa shape index (κ1) is 26.0. The molecule has 0 bridgehead atoms. The van der Waals surface area contributed by atoms with E-state index in [0.717, 1.165) is 29.4 Å². The summed E-state index contributed by atoms with van der Waals surface area (Å²) in [6, 6.07) is 7.61. The summed E-state index contributed by atoms with van der Waals surface area (Å²) in [6.07, 6.45) is 8.26. The molecule has 0 aliphatic carbocycles. The molecule has 1 aliphatic rings. The molecule has 0 unspecified atom stereocenters. The minimum Gasteiger partial charge on any atom is -0.489 e. The summed E-state index contributed by atoms with van der Waals surface area (Å²) in [4.78, 5) is 31.1. The van der Waals surface area contributed by atoms with E-state index in [1.54, 1.807) is 21.9 Å².